The van der Waals surface area contributed by atoms with Crippen molar-refractivity contribution in [1.29, 1.82) is 0 Å². The van der Waals surface area contributed by atoms with E-state index in [9.17, 15) is 0 Å². The predicted molar refractivity (Wildman–Crippen MR) is 85.0 cm³/mol. The molecule has 0 atom stereocenters. The van der Waals surface area contributed by atoms with Gasteiger partial charge in [0, 0.05) is 9.09 Å². The van der Waals surface area contributed by atoms with Crippen molar-refractivity contribution < 1.29 is 0 Å². The van der Waals surface area contributed by atoms with Gasteiger partial charge in [0.25, 0.3) is 0 Å². The van der Waals surface area contributed by atoms with Crippen molar-refractivity contribution in [2.45, 2.75) is 57.6 Å². The zero-order chi connectivity index (χ0) is 12.7. The summed E-state index contributed by atoms with van der Waals surface area (Å²) in [5, 5.41) is 0. The highest BCUT2D eigenvalue weighted by atomic mass is 32.3. The van der Waals surface area contributed by atoms with Gasteiger partial charge in [0.05, 0.1) is 0 Å². The van der Waals surface area contributed by atoms with E-state index in [1.54, 1.807) is 9.09 Å². The third kappa shape index (κ3) is 3.75. The van der Waals surface area contributed by atoms with E-state index in [0.717, 1.165) is 0 Å². The molecular weight excluding hydrogens is 244 g/mol. The molecule has 0 spiro atoms. The molecule has 0 fully saturated rings. The molecule has 1 aromatic rings. The Morgan fingerprint density at radius 2 is 1.59 bits per heavy atom. The molecule has 2 heteroatoms. The van der Waals surface area contributed by atoms with E-state index in [4.69, 9.17) is 0 Å². The van der Waals surface area contributed by atoms with Crippen LogP contribution < -0.4 is 0 Å². The Hall–Kier alpha value is 0.0500. The molecule has 0 radical (unpaired) electrons. The Kier molecular flexibility index (Phi) is 6.65. The average molecular weight is 273 g/mol. The summed E-state index contributed by atoms with van der Waals surface area (Å²) >= 11 is 2.10. The lowest BCUT2D eigenvalue weighted by Gasteiger charge is -2.36. The summed E-state index contributed by atoms with van der Waals surface area (Å²) in [7, 11) is -0.480. The number of thiophene rings is 1. The van der Waals surface area contributed by atoms with Gasteiger partial charge in [-0.1, -0.05) is 40.5 Å². The molecule has 0 unspecified atom stereocenters. The summed E-state index contributed by atoms with van der Waals surface area (Å²) in [6.07, 6.45) is 5.36. The Balaban J connectivity index is 2.71. The summed E-state index contributed by atoms with van der Waals surface area (Å²) in [6.45, 7) is 9.40. The lowest BCUT2D eigenvalue weighted by atomic mass is 10.2. The summed E-state index contributed by atoms with van der Waals surface area (Å²) < 4.78 is 1.71. The molecule has 0 N–H and O–H groups in total. The van der Waals surface area contributed by atoms with Crippen LogP contribution in [0.3, 0.4) is 0 Å². The summed E-state index contributed by atoms with van der Waals surface area (Å²) in [4.78, 5) is 1.61. The topological polar surface area (TPSA) is 0 Å². The van der Waals surface area contributed by atoms with Crippen LogP contribution in [0.5, 0.6) is 0 Å². The van der Waals surface area contributed by atoms with Gasteiger partial charge in [-0.3, -0.25) is 0 Å². The molecule has 17 heavy (non-hydrogen) atoms. The smallest absolute Gasteiger partial charge is 0.0432 e. The fraction of sp³-hybridized carbons (Fsp3) is 0.733. The SMILES string of the molecule is CCCCCc1ccc(S(CC)(CC)CC)s1. The van der Waals surface area contributed by atoms with Crippen molar-refractivity contribution in [3.63, 3.8) is 0 Å². The van der Waals surface area contributed by atoms with Crippen molar-refractivity contribution in [3.05, 3.63) is 17.0 Å². The van der Waals surface area contributed by atoms with Gasteiger partial charge >= 0.3 is 0 Å². The standard InChI is InChI=1S/C15H28S2/c1-5-9-10-11-14-12-13-15(16-14)17(6-2,7-3)8-4/h12-13H,5-11H2,1-4H3. The van der Waals surface area contributed by atoms with Gasteiger partial charge < -0.3 is 0 Å². The van der Waals surface area contributed by atoms with E-state index in [0.29, 0.717) is 0 Å². The van der Waals surface area contributed by atoms with Crippen molar-refractivity contribution in [3.8, 4) is 0 Å². The van der Waals surface area contributed by atoms with Crippen molar-refractivity contribution in [2.24, 2.45) is 0 Å². The minimum absolute atomic E-state index is 0.480. The summed E-state index contributed by atoms with van der Waals surface area (Å²) in [5.74, 6) is 4.07. The normalized spacial score (nSPS) is 12.9. The average Bonchev–Trinajstić information content (AvgIpc) is 2.82. The van der Waals surface area contributed by atoms with Crippen LogP contribution in [0.25, 0.3) is 0 Å². The van der Waals surface area contributed by atoms with Crippen LogP contribution >= 0.6 is 21.4 Å². The molecule has 1 heterocycles. The van der Waals surface area contributed by atoms with Gasteiger partial charge in [0.1, 0.15) is 0 Å². The number of unbranched alkanes of at least 4 members (excludes halogenated alkanes) is 2. The van der Waals surface area contributed by atoms with E-state index < -0.39 is 10.0 Å². The monoisotopic (exact) mass is 272 g/mol. The Morgan fingerprint density at radius 1 is 0.941 bits per heavy atom. The molecule has 0 bridgehead atoms. The maximum atomic E-state index is 2.43. The Labute approximate surface area is 113 Å². The van der Waals surface area contributed by atoms with Crippen LogP contribution in [-0.4, -0.2) is 17.3 Å². The van der Waals surface area contributed by atoms with Crippen LogP contribution in [0, 0.1) is 0 Å². The largest absolute Gasteiger partial charge is 0.206 e. The highest BCUT2D eigenvalue weighted by Gasteiger charge is 2.21. The second kappa shape index (κ2) is 7.48. The molecular formula is C15H28S2. The van der Waals surface area contributed by atoms with E-state index >= 15 is 0 Å². The van der Waals surface area contributed by atoms with E-state index in [1.165, 1.54) is 42.9 Å². The molecule has 1 aromatic heterocycles. The van der Waals surface area contributed by atoms with Crippen LogP contribution in [0.15, 0.2) is 16.3 Å². The van der Waals surface area contributed by atoms with Crippen molar-refractivity contribution >= 4 is 21.4 Å². The third-order valence-electron chi connectivity index (χ3n) is 3.75. The second-order valence-corrected chi connectivity index (χ2v) is 10.3. The molecule has 0 saturated carbocycles. The number of hydrogen-bond acceptors (Lipinski definition) is 1. The van der Waals surface area contributed by atoms with Gasteiger partial charge in [-0.2, -0.15) is 0 Å². The molecule has 0 aliphatic rings. The van der Waals surface area contributed by atoms with E-state index in [-0.39, 0.29) is 0 Å². The molecule has 100 valence electrons. The molecule has 0 nitrogen and oxygen atoms in total. The number of hydrogen-bond donors (Lipinski definition) is 0. The Bertz CT molecular complexity index is 302. The molecule has 1 rings (SSSR count). The minimum atomic E-state index is -0.480. The lowest BCUT2D eigenvalue weighted by Crippen LogP contribution is -2.07. The van der Waals surface area contributed by atoms with E-state index in [2.05, 4.69) is 51.2 Å². The van der Waals surface area contributed by atoms with Crippen LogP contribution in [0.1, 0.15) is 51.8 Å². The van der Waals surface area contributed by atoms with Crippen molar-refractivity contribution in [1.82, 2.24) is 0 Å². The fourth-order valence-corrected chi connectivity index (χ4v) is 7.61. The van der Waals surface area contributed by atoms with Crippen LogP contribution in [0.4, 0.5) is 0 Å². The first-order chi connectivity index (χ1) is 8.22. The molecule has 0 aromatic carbocycles. The molecule has 0 amide bonds. The fourth-order valence-electron chi connectivity index (χ4n) is 2.31. The number of rotatable bonds is 8. The zero-order valence-electron chi connectivity index (χ0n) is 11.9. The molecule has 0 saturated heterocycles. The minimum Gasteiger partial charge on any atom is -0.206 e. The van der Waals surface area contributed by atoms with Crippen LogP contribution in [0.2, 0.25) is 0 Å². The first-order valence-corrected chi connectivity index (χ1v) is 10.0. The van der Waals surface area contributed by atoms with Gasteiger partial charge in [-0.05, 0) is 42.2 Å². The number of aryl methyl sites for hydroxylation is 1. The second-order valence-electron chi connectivity index (χ2n) is 4.59. The first kappa shape index (κ1) is 15.1. The molecule has 0 aliphatic heterocycles. The predicted octanol–water partition coefficient (Wildman–Crippen LogP) is 5.70. The van der Waals surface area contributed by atoms with Gasteiger partial charge in [0.15, 0.2) is 0 Å². The quantitative estimate of drug-likeness (QED) is 0.532. The van der Waals surface area contributed by atoms with Gasteiger partial charge in [-0.15, -0.1) is 11.3 Å². The first-order valence-electron chi connectivity index (χ1n) is 7.07. The molecule has 0 aliphatic carbocycles. The highest BCUT2D eigenvalue weighted by Crippen LogP contribution is 2.57. The van der Waals surface area contributed by atoms with Crippen LogP contribution in [-0.2, 0) is 6.42 Å². The lowest BCUT2D eigenvalue weighted by molar-refractivity contribution is 0.722. The summed E-state index contributed by atoms with van der Waals surface area (Å²) in [5.41, 5.74) is 0. The zero-order valence-corrected chi connectivity index (χ0v) is 13.6. The van der Waals surface area contributed by atoms with Gasteiger partial charge in [-0.25, -0.2) is 10.0 Å². The highest BCUT2D eigenvalue weighted by molar-refractivity contribution is 8.34. The Morgan fingerprint density at radius 3 is 2.12 bits per heavy atom. The van der Waals surface area contributed by atoms with Crippen molar-refractivity contribution in [2.75, 3.05) is 17.3 Å². The maximum Gasteiger partial charge on any atom is 0.0432 e. The maximum absolute atomic E-state index is 2.43. The van der Waals surface area contributed by atoms with E-state index in [1.807, 2.05) is 0 Å². The van der Waals surface area contributed by atoms with Gasteiger partial charge in [0.2, 0.25) is 0 Å². The summed E-state index contributed by atoms with van der Waals surface area (Å²) in [6, 6.07) is 4.82. The third-order valence-corrected chi connectivity index (χ3v) is 10.3.